The number of hydrogen-bond acceptors (Lipinski definition) is 4. The average molecular weight is 352 g/mol. The molecule has 3 aromatic rings. The maximum Gasteiger partial charge on any atom is 0.407 e. The largest absolute Gasteiger partial charge is 0.465 e. The SMILES string of the molecule is O=C(O)N1CCN(C(c2ccccc2)c2cn[nH]c2-c2ccco2)CC1. The fourth-order valence-corrected chi connectivity index (χ4v) is 3.51. The summed E-state index contributed by atoms with van der Waals surface area (Å²) in [6, 6.07) is 13.9. The number of aromatic nitrogens is 2. The van der Waals surface area contributed by atoms with Crippen LogP contribution in [0, 0.1) is 0 Å². The van der Waals surface area contributed by atoms with Gasteiger partial charge in [0.25, 0.3) is 0 Å². The van der Waals surface area contributed by atoms with Crippen LogP contribution in [0.1, 0.15) is 17.2 Å². The van der Waals surface area contributed by atoms with Gasteiger partial charge in [0.05, 0.1) is 18.5 Å². The predicted molar refractivity (Wildman–Crippen MR) is 95.7 cm³/mol. The second-order valence-corrected chi connectivity index (χ2v) is 6.30. The normalized spacial score (nSPS) is 16.5. The molecule has 134 valence electrons. The van der Waals surface area contributed by atoms with Crippen LogP contribution in [0.5, 0.6) is 0 Å². The summed E-state index contributed by atoms with van der Waals surface area (Å²) in [5, 5.41) is 16.5. The van der Waals surface area contributed by atoms with Crippen LogP contribution >= 0.6 is 0 Å². The van der Waals surface area contributed by atoms with Gasteiger partial charge in [-0.2, -0.15) is 5.10 Å². The van der Waals surface area contributed by atoms with E-state index in [1.165, 1.54) is 4.90 Å². The lowest BCUT2D eigenvalue weighted by atomic mass is 9.96. The number of benzene rings is 1. The molecule has 3 heterocycles. The second-order valence-electron chi connectivity index (χ2n) is 6.30. The fraction of sp³-hybridized carbons (Fsp3) is 0.263. The van der Waals surface area contributed by atoms with Crippen molar-refractivity contribution >= 4 is 6.09 Å². The molecule has 1 fully saturated rings. The summed E-state index contributed by atoms with van der Waals surface area (Å²) >= 11 is 0. The molecule has 0 bridgehead atoms. The summed E-state index contributed by atoms with van der Waals surface area (Å²) in [5.41, 5.74) is 3.02. The second kappa shape index (κ2) is 7.05. The van der Waals surface area contributed by atoms with Crippen molar-refractivity contribution in [2.45, 2.75) is 6.04 Å². The number of aromatic amines is 1. The maximum absolute atomic E-state index is 11.2. The molecule has 7 heteroatoms. The van der Waals surface area contributed by atoms with Crippen LogP contribution in [0.2, 0.25) is 0 Å². The molecular formula is C19H20N4O3. The van der Waals surface area contributed by atoms with Gasteiger partial charge in [0.1, 0.15) is 5.69 Å². The van der Waals surface area contributed by atoms with Gasteiger partial charge in [-0.05, 0) is 17.7 Å². The molecule has 1 atom stereocenters. The third kappa shape index (κ3) is 3.09. The van der Waals surface area contributed by atoms with Gasteiger partial charge in [0, 0.05) is 31.7 Å². The third-order valence-electron chi connectivity index (χ3n) is 4.80. The Balaban J connectivity index is 1.70. The third-order valence-corrected chi connectivity index (χ3v) is 4.80. The molecule has 1 aliphatic rings. The molecule has 7 nitrogen and oxygen atoms in total. The van der Waals surface area contributed by atoms with Crippen molar-refractivity contribution in [1.82, 2.24) is 20.0 Å². The molecular weight excluding hydrogens is 332 g/mol. The summed E-state index contributed by atoms with van der Waals surface area (Å²) in [6.45, 7) is 2.31. The van der Waals surface area contributed by atoms with Crippen LogP contribution < -0.4 is 0 Å². The molecule has 0 spiro atoms. The van der Waals surface area contributed by atoms with E-state index in [1.807, 2.05) is 36.5 Å². The Labute approximate surface area is 150 Å². The van der Waals surface area contributed by atoms with E-state index in [0.717, 1.165) is 22.6 Å². The van der Waals surface area contributed by atoms with E-state index < -0.39 is 6.09 Å². The van der Waals surface area contributed by atoms with E-state index in [1.54, 1.807) is 6.26 Å². The molecule has 1 amide bonds. The highest BCUT2D eigenvalue weighted by Gasteiger charge is 2.30. The van der Waals surface area contributed by atoms with Gasteiger partial charge >= 0.3 is 6.09 Å². The number of rotatable bonds is 4. The van der Waals surface area contributed by atoms with Gasteiger partial charge in [-0.25, -0.2) is 4.79 Å². The Bertz CT molecular complexity index is 852. The highest BCUT2D eigenvalue weighted by molar-refractivity contribution is 5.65. The van der Waals surface area contributed by atoms with Crippen LogP contribution in [0.25, 0.3) is 11.5 Å². The molecule has 0 radical (unpaired) electrons. The van der Waals surface area contributed by atoms with Crippen LogP contribution in [0.4, 0.5) is 4.79 Å². The number of nitrogens with zero attached hydrogens (tertiary/aromatic N) is 3. The zero-order valence-electron chi connectivity index (χ0n) is 14.2. The van der Waals surface area contributed by atoms with Gasteiger partial charge < -0.3 is 14.4 Å². The molecule has 2 N–H and O–H groups in total. The van der Waals surface area contributed by atoms with Crippen LogP contribution in [0.3, 0.4) is 0 Å². The van der Waals surface area contributed by atoms with Gasteiger partial charge in [-0.15, -0.1) is 0 Å². The van der Waals surface area contributed by atoms with Crippen LogP contribution in [0.15, 0.2) is 59.3 Å². The lowest BCUT2D eigenvalue weighted by Crippen LogP contribution is -2.49. The maximum atomic E-state index is 11.2. The van der Waals surface area contributed by atoms with Crippen molar-refractivity contribution in [2.75, 3.05) is 26.2 Å². The molecule has 1 saturated heterocycles. The quantitative estimate of drug-likeness (QED) is 0.754. The number of carbonyl (C=O) groups is 1. The van der Waals surface area contributed by atoms with E-state index in [4.69, 9.17) is 4.42 Å². The van der Waals surface area contributed by atoms with Crippen molar-refractivity contribution in [3.8, 4) is 11.5 Å². The highest BCUT2D eigenvalue weighted by atomic mass is 16.4. The van der Waals surface area contributed by atoms with Crippen LogP contribution in [-0.4, -0.2) is 57.4 Å². The Morgan fingerprint density at radius 2 is 1.88 bits per heavy atom. The first-order valence-electron chi connectivity index (χ1n) is 8.58. The summed E-state index contributed by atoms with van der Waals surface area (Å²) in [6.07, 6.45) is 2.61. The average Bonchev–Trinajstić information content (AvgIpc) is 3.35. The van der Waals surface area contributed by atoms with Crippen molar-refractivity contribution < 1.29 is 14.3 Å². The first-order valence-corrected chi connectivity index (χ1v) is 8.58. The highest BCUT2D eigenvalue weighted by Crippen LogP contribution is 2.35. The van der Waals surface area contributed by atoms with E-state index in [-0.39, 0.29) is 6.04 Å². The molecule has 2 aromatic heterocycles. The predicted octanol–water partition coefficient (Wildman–Crippen LogP) is 3.05. The zero-order valence-corrected chi connectivity index (χ0v) is 14.2. The Morgan fingerprint density at radius 1 is 1.12 bits per heavy atom. The van der Waals surface area contributed by atoms with E-state index in [2.05, 4.69) is 27.2 Å². The number of carboxylic acid groups (broad SMARTS) is 1. The molecule has 0 aliphatic carbocycles. The minimum Gasteiger partial charge on any atom is -0.465 e. The molecule has 4 rings (SSSR count). The molecule has 1 aliphatic heterocycles. The van der Waals surface area contributed by atoms with Crippen molar-refractivity contribution in [1.29, 1.82) is 0 Å². The van der Waals surface area contributed by atoms with Gasteiger partial charge in [-0.1, -0.05) is 30.3 Å². The Kier molecular flexibility index (Phi) is 4.45. The van der Waals surface area contributed by atoms with E-state index >= 15 is 0 Å². The minimum atomic E-state index is -0.861. The van der Waals surface area contributed by atoms with Crippen molar-refractivity contribution in [3.05, 3.63) is 66.1 Å². The summed E-state index contributed by atoms with van der Waals surface area (Å²) in [4.78, 5) is 15.0. The van der Waals surface area contributed by atoms with Crippen LogP contribution in [-0.2, 0) is 0 Å². The number of furan rings is 1. The first-order chi connectivity index (χ1) is 12.7. The lowest BCUT2D eigenvalue weighted by molar-refractivity contribution is 0.0933. The summed E-state index contributed by atoms with van der Waals surface area (Å²) in [7, 11) is 0. The first kappa shape index (κ1) is 16.4. The fourth-order valence-electron chi connectivity index (χ4n) is 3.51. The van der Waals surface area contributed by atoms with Crippen molar-refractivity contribution in [2.24, 2.45) is 0 Å². The van der Waals surface area contributed by atoms with Gasteiger partial charge in [-0.3, -0.25) is 10.00 Å². The number of nitrogens with one attached hydrogen (secondary N) is 1. The number of amides is 1. The zero-order chi connectivity index (χ0) is 17.9. The van der Waals surface area contributed by atoms with Crippen molar-refractivity contribution in [3.63, 3.8) is 0 Å². The number of H-pyrrole nitrogens is 1. The molecule has 0 saturated carbocycles. The van der Waals surface area contributed by atoms with E-state index in [9.17, 15) is 9.90 Å². The Hall–Kier alpha value is -3.06. The summed E-state index contributed by atoms with van der Waals surface area (Å²) < 4.78 is 5.56. The van der Waals surface area contributed by atoms with E-state index in [0.29, 0.717) is 26.2 Å². The molecule has 1 unspecified atom stereocenters. The smallest absolute Gasteiger partial charge is 0.407 e. The van der Waals surface area contributed by atoms with Gasteiger partial charge in [0.15, 0.2) is 5.76 Å². The standard InChI is InChI=1S/C19H20N4O3/c24-19(25)23-10-8-22(9-11-23)18(14-5-2-1-3-6-14)15-13-20-21-17(15)16-7-4-12-26-16/h1-7,12-13,18H,8-11H2,(H,20,21)(H,24,25). The number of piperazine rings is 1. The molecule has 1 aromatic carbocycles. The lowest BCUT2D eigenvalue weighted by Gasteiger charge is -2.38. The monoisotopic (exact) mass is 352 g/mol. The minimum absolute atomic E-state index is 0.0222. The summed E-state index contributed by atoms with van der Waals surface area (Å²) in [5.74, 6) is 0.739. The number of hydrogen-bond donors (Lipinski definition) is 2. The topological polar surface area (TPSA) is 85.6 Å². The Morgan fingerprint density at radius 3 is 2.54 bits per heavy atom. The van der Waals surface area contributed by atoms with Gasteiger partial charge in [0.2, 0.25) is 0 Å². The molecule has 26 heavy (non-hydrogen) atoms.